The summed E-state index contributed by atoms with van der Waals surface area (Å²) in [6, 6.07) is 18.8. The van der Waals surface area contributed by atoms with E-state index in [1.54, 1.807) is 36.4 Å². The van der Waals surface area contributed by atoms with Crippen LogP contribution in [0, 0.1) is 0 Å². The lowest BCUT2D eigenvalue weighted by atomic mass is 10.2. The minimum absolute atomic E-state index is 0.0488. The van der Waals surface area contributed by atoms with Crippen LogP contribution in [-0.4, -0.2) is 38.1 Å². The Morgan fingerprint density at radius 1 is 1.09 bits per heavy atom. The van der Waals surface area contributed by atoms with Crippen LogP contribution in [0.4, 0.5) is 11.4 Å². The highest BCUT2D eigenvalue weighted by atomic mass is 35.5. The van der Waals surface area contributed by atoms with Gasteiger partial charge in [-0.1, -0.05) is 35.9 Å². The molecule has 0 saturated carbocycles. The van der Waals surface area contributed by atoms with Crippen molar-refractivity contribution in [1.29, 1.82) is 0 Å². The van der Waals surface area contributed by atoms with Gasteiger partial charge in [0, 0.05) is 10.4 Å². The third-order valence-corrected chi connectivity index (χ3v) is 6.97. The van der Waals surface area contributed by atoms with Gasteiger partial charge in [0.25, 0.3) is 15.9 Å². The van der Waals surface area contributed by atoms with E-state index >= 15 is 0 Å². The van der Waals surface area contributed by atoms with E-state index in [4.69, 9.17) is 16.3 Å². The third-order valence-electron chi connectivity index (χ3n) is 4.94. The summed E-state index contributed by atoms with van der Waals surface area (Å²) in [6.07, 6.45) is 0. The van der Waals surface area contributed by atoms with Crippen LogP contribution in [0.2, 0.25) is 5.02 Å². The first-order valence-corrected chi connectivity index (χ1v) is 11.8. The number of methoxy groups -OCH3 is 1. The highest BCUT2D eigenvalue weighted by Crippen LogP contribution is 2.35. The van der Waals surface area contributed by atoms with Gasteiger partial charge in [-0.05, 0) is 48.5 Å². The molecule has 0 fully saturated rings. The number of aromatic amines is 1. The molecule has 1 heterocycles. The summed E-state index contributed by atoms with van der Waals surface area (Å²) in [5.41, 5.74) is 0.877. The summed E-state index contributed by atoms with van der Waals surface area (Å²) in [5, 5.41) is 18.5. The minimum Gasteiger partial charge on any atom is -0.497 e. The predicted molar refractivity (Wildman–Crippen MR) is 128 cm³/mol. The van der Waals surface area contributed by atoms with E-state index in [1.807, 2.05) is 0 Å². The third kappa shape index (κ3) is 4.73. The van der Waals surface area contributed by atoms with Crippen LogP contribution in [0.3, 0.4) is 0 Å². The van der Waals surface area contributed by atoms with Gasteiger partial charge in [0.1, 0.15) is 12.3 Å². The lowest BCUT2D eigenvalue weighted by Gasteiger charge is -2.23. The van der Waals surface area contributed by atoms with Crippen molar-refractivity contribution in [2.45, 2.75) is 4.90 Å². The van der Waals surface area contributed by atoms with Crippen molar-refractivity contribution < 1.29 is 23.1 Å². The molecule has 0 atom stereocenters. The molecule has 3 aromatic carbocycles. The van der Waals surface area contributed by atoms with E-state index in [1.165, 1.54) is 43.5 Å². The van der Waals surface area contributed by atoms with E-state index in [9.17, 15) is 18.3 Å². The number of hydrogen-bond donors (Lipinski definition) is 2. The molecule has 0 radical (unpaired) electrons. The first-order chi connectivity index (χ1) is 16.3. The van der Waals surface area contributed by atoms with Crippen LogP contribution in [0.15, 0.2) is 87.9 Å². The second-order valence-corrected chi connectivity index (χ2v) is 9.43. The maximum atomic E-state index is 13.4. The fourth-order valence-electron chi connectivity index (χ4n) is 3.30. The number of H-pyrrole nitrogens is 1. The number of rotatable bonds is 7. The smallest absolute Gasteiger partial charge is 0.285 e. The lowest BCUT2D eigenvalue weighted by molar-refractivity contribution is -0.116. The number of azo groups is 1. The van der Waals surface area contributed by atoms with Crippen LogP contribution < -0.4 is 9.04 Å². The maximum Gasteiger partial charge on any atom is 0.285 e. The van der Waals surface area contributed by atoms with Crippen molar-refractivity contribution in [3.05, 3.63) is 77.8 Å². The fourth-order valence-corrected chi connectivity index (χ4v) is 4.89. The number of para-hydroxylation sites is 1. The molecule has 9 nitrogen and oxygen atoms in total. The van der Waals surface area contributed by atoms with E-state index in [0.29, 0.717) is 21.7 Å². The van der Waals surface area contributed by atoms with Gasteiger partial charge in [0.15, 0.2) is 5.69 Å². The molecule has 1 amide bonds. The number of aromatic nitrogens is 1. The number of sulfonamides is 1. The first-order valence-electron chi connectivity index (χ1n) is 9.96. The largest absolute Gasteiger partial charge is 0.497 e. The molecule has 0 bridgehead atoms. The monoisotopic (exact) mass is 498 g/mol. The number of anilines is 1. The van der Waals surface area contributed by atoms with Crippen molar-refractivity contribution >= 4 is 49.8 Å². The Morgan fingerprint density at radius 3 is 2.53 bits per heavy atom. The number of halogens is 1. The SMILES string of the molecule is COc1ccc(S(=O)(=O)N(CC(=O)N=Nc2c(O)[nH]c3ccccc23)c2cccc(Cl)c2)cc1. The first kappa shape index (κ1) is 23.3. The lowest BCUT2D eigenvalue weighted by Crippen LogP contribution is -2.35. The number of aromatic hydroxyl groups is 1. The Labute approximate surface area is 200 Å². The Hall–Kier alpha value is -3.89. The van der Waals surface area contributed by atoms with E-state index < -0.39 is 22.5 Å². The van der Waals surface area contributed by atoms with E-state index in [-0.39, 0.29) is 22.2 Å². The van der Waals surface area contributed by atoms with Crippen LogP contribution in [0.5, 0.6) is 11.6 Å². The predicted octanol–water partition coefficient (Wildman–Crippen LogP) is 5.04. The molecule has 0 unspecified atom stereocenters. The van der Waals surface area contributed by atoms with Gasteiger partial charge >= 0.3 is 0 Å². The Morgan fingerprint density at radius 2 is 1.82 bits per heavy atom. The number of nitrogens with zero attached hydrogens (tertiary/aromatic N) is 3. The summed E-state index contributed by atoms with van der Waals surface area (Å²) < 4.78 is 32.8. The van der Waals surface area contributed by atoms with Gasteiger partial charge in [-0.15, -0.1) is 10.2 Å². The topological polar surface area (TPSA) is 124 Å². The molecule has 4 aromatic rings. The summed E-state index contributed by atoms with van der Waals surface area (Å²) >= 11 is 6.07. The quantitative estimate of drug-likeness (QED) is 0.345. The highest BCUT2D eigenvalue weighted by molar-refractivity contribution is 7.92. The van der Waals surface area contributed by atoms with Gasteiger partial charge in [0.2, 0.25) is 5.88 Å². The molecule has 2 N–H and O–H groups in total. The number of nitrogens with one attached hydrogen (secondary N) is 1. The zero-order valence-electron chi connectivity index (χ0n) is 17.8. The van der Waals surface area contributed by atoms with Crippen molar-refractivity contribution in [2.75, 3.05) is 18.0 Å². The van der Waals surface area contributed by atoms with Crippen LogP contribution in [0.1, 0.15) is 0 Å². The average Bonchev–Trinajstić information content (AvgIpc) is 3.16. The number of ether oxygens (including phenoxy) is 1. The normalized spacial score (nSPS) is 11.7. The van der Waals surface area contributed by atoms with Crippen molar-refractivity contribution in [1.82, 2.24) is 4.98 Å². The molecule has 34 heavy (non-hydrogen) atoms. The molecule has 1 aromatic heterocycles. The van der Waals surface area contributed by atoms with Gasteiger partial charge < -0.3 is 14.8 Å². The zero-order valence-corrected chi connectivity index (χ0v) is 19.4. The molecule has 0 aliphatic heterocycles. The number of hydrogen-bond acceptors (Lipinski definition) is 6. The summed E-state index contributed by atoms with van der Waals surface area (Å²) in [7, 11) is -2.70. The molecule has 11 heteroatoms. The van der Waals surface area contributed by atoms with Crippen LogP contribution in [0.25, 0.3) is 10.9 Å². The maximum absolute atomic E-state index is 13.4. The number of carbonyl (C=O) groups excluding carboxylic acids is 1. The molecule has 0 aliphatic carbocycles. The molecule has 0 aliphatic rings. The molecule has 0 spiro atoms. The number of carbonyl (C=O) groups is 1. The Balaban J connectivity index is 1.67. The Kier molecular flexibility index (Phi) is 6.53. The van der Waals surface area contributed by atoms with Crippen LogP contribution in [-0.2, 0) is 14.8 Å². The second-order valence-electron chi connectivity index (χ2n) is 7.13. The summed E-state index contributed by atoms with van der Waals surface area (Å²) in [6.45, 7) is -0.638. The second kappa shape index (κ2) is 9.54. The molecule has 4 rings (SSSR count). The molecular formula is C23H19ClN4O5S. The summed E-state index contributed by atoms with van der Waals surface area (Å²) in [5.74, 6) is -0.617. The Bertz CT molecular complexity index is 1480. The minimum atomic E-state index is -4.16. The number of amides is 1. The summed E-state index contributed by atoms with van der Waals surface area (Å²) in [4.78, 5) is 15.4. The molecule has 0 saturated heterocycles. The van der Waals surface area contributed by atoms with Gasteiger partial charge in [0.05, 0.1) is 23.2 Å². The molecular weight excluding hydrogens is 480 g/mol. The van der Waals surface area contributed by atoms with Crippen molar-refractivity contribution in [3.63, 3.8) is 0 Å². The van der Waals surface area contributed by atoms with E-state index in [0.717, 1.165) is 4.31 Å². The van der Waals surface area contributed by atoms with Gasteiger partial charge in [-0.25, -0.2) is 8.42 Å². The average molecular weight is 499 g/mol. The van der Waals surface area contributed by atoms with E-state index in [2.05, 4.69) is 15.2 Å². The van der Waals surface area contributed by atoms with Crippen molar-refractivity contribution in [2.24, 2.45) is 10.2 Å². The zero-order chi connectivity index (χ0) is 24.3. The molecule has 174 valence electrons. The number of fused-ring (bicyclic) bond motifs is 1. The highest BCUT2D eigenvalue weighted by Gasteiger charge is 2.27. The standard InChI is InChI=1S/C23H19ClN4O5S/c1-33-17-9-11-18(12-10-17)34(31,32)28(16-6-4-5-15(24)13-16)14-21(29)26-27-22-19-7-2-3-8-20(19)25-23(22)30/h2-13,25,30H,14H2,1H3. The van der Waals surface area contributed by atoms with Gasteiger partial charge in [-0.2, -0.15) is 0 Å². The fraction of sp³-hybridized carbons (Fsp3) is 0.0870. The van der Waals surface area contributed by atoms with Crippen LogP contribution >= 0.6 is 11.6 Å². The van der Waals surface area contributed by atoms with Gasteiger partial charge in [-0.3, -0.25) is 9.10 Å². The van der Waals surface area contributed by atoms with Crippen molar-refractivity contribution in [3.8, 4) is 11.6 Å². The number of benzene rings is 3.